The summed E-state index contributed by atoms with van der Waals surface area (Å²) in [6.07, 6.45) is 1.65. The van der Waals surface area contributed by atoms with Gasteiger partial charge < -0.3 is 14.4 Å². The second kappa shape index (κ2) is 10.0. The highest BCUT2D eigenvalue weighted by Crippen LogP contribution is 2.32. The van der Waals surface area contributed by atoms with Crippen LogP contribution in [0.5, 0.6) is 11.5 Å². The number of nitrogens with zero attached hydrogens (tertiary/aromatic N) is 4. The minimum absolute atomic E-state index is 0.0357. The molecule has 1 aromatic heterocycles. The van der Waals surface area contributed by atoms with Gasteiger partial charge in [-0.2, -0.15) is 0 Å². The Hall–Kier alpha value is -4.07. The summed E-state index contributed by atoms with van der Waals surface area (Å²) in [4.78, 5) is 35.6. The highest BCUT2D eigenvalue weighted by atomic mass is 16.5. The Morgan fingerprint density at radius 2 is 1.73 bits per heavy atom. The predicted molar refractivity (Wildman–Crippen MR) is 126 cm³/mol. The van der Waals surface area contributed by atoms with Gasteiger partial charge in [-0.05, 0) is 29.8 Å². The molecule has 0 atom stereocenters. The normalized spacial score (nSPS) is 13.2. The number of pyridine rings is 1. The maximum Gasteiger partial charge on any atom is 0.325 e. The lowest BCUT2D eigenvalue weighted by atomic mass is 10.2. The van der Waals surface area contributed by atoms with E-state index in [0.29, 0.717) is 42.6 Å². The monoisotopic (exact) mass is 446 g/mol. The molecular formula is C25H26N4O4. The van der Waals surface area contributed by atoms with E-state index >= 15 is 0 Å². The molecule has 1 fully saturated rings. The Labute approximate surface area is 193 Å². The number of rotatable bonds is 8. The molecular weight excluding hydrogens is 420 g/mol. The number of hydrogen-bond acceptors (Lipinski definition) is 5. The fourth-order valence-electron chi connectivity index (χ4n) is 3.79. The number of hydrogen-bond donors (Lipinski definition) is 0. The largest absolute Gasteiger partial charge is 0.493 e. The molecule has 0 aliphatic carbocycles. The standard InChI is InChI=1S/C25H26N4O4/c1-32-21-12-11-20(16-22(21)33-2)28-15-14-27(25(28)31)18-24(30)29(23-10-6-7-13-26-23)17-19-8-4-3-5-9-19/h3-13,16H,14-15,17-18H2,1-2H3. The lowest BCUT2D eigenvalue weighted by molar-refractivity contribution is -0.119. The maximum absolute atomic E-state index is 13.3. The van der Waals surface area contributed by atoms with Gasteiger partial charge in [-0.3, -0.25) is 14.6 Å². The first-order valence-electron chi connectivity index (χ1n) is 10.6. The van der Waals surface area contributed by atoms with Gasteiger partial charge in [-0.25, -0.2) is 9.78 Å². The number of methoxy groups -OCH3 is 2. The summed E-state index contributed by atoms with van der Waals surface area (Å²) in [6.45, 7) is 1.26. The van der Waals surface area contributed by atoms with E-state index in [1.165, 1.54) is 0 Å². The number of carbonyl (C=O) groups excluding carboxylic acids is 2. The van der Waals surface area contributed by atoms with Gasteiger partial charge in [0, 0.05) is 31.0 Å². The van der Waals surface area contributed by atoms with E-state index in [9.17, 15) is 9.59 Å². The smallest absolute Gasteiger partial charge is 0.325 e. The van der Waals surface area contributed by atoms with Gasteiger partial charge in [0.2, 0.25) is 5.91 Å². The lowest BCUT2D eigenvalue weighted by Gasteiger charge is -2.25. The molecule has 1 aliphatic heterocycles. The van der Waals surface area contributed by atoms with Crippen molar-refractivity contribution < 1.29 is 19.1 Å². The molecule has 0 N–H and O–H groups in total. The Kier molecular flexibility index (Phi) is 6.73. The van der Waals surface area contributed by atoms with Gasteiger partial charge >= 0.3 is 6.03 Å². The van der Waals surface area contributed by atoms with Gasteiger partial charge in [0.05, 0.1) is 20.8 Å². The van der Waals surface area contributed by atoms with Crippen LogP contribution in [-0.4, -0.2) is 55.7 Å². The fraction of sp³-hybridized carbons (Fsp3) is 0.240. The molecule has 4 rings (SSSR count). The molecule has 2 heterocycles. The Morgan fingerprint density at radius 1 is 0.970 bits per heavy atom. The van der Waals surface area contributed by atoms with Gasteiger partial charge in [0.15, 0.2) is 11.5 Å². The van der Waals surface area contributed by atoms with E-state index in [1.54, 1.807) is 65.4 Å². The first-order chi connectivity index (χ1) is 16.1. The predicted octanol–water partition coefficient (Wildman–Crippen LogP) is 3.57. The van der Waals surface area contributed by atoms with Crippen LogP contribution in [0.25, 0.3) is 0 Å². The molecule has 0 spiro atoms. The van der Waals surface area contributed by atoms with Crippen molar-refractivity contribution in [3.05, 3.63) is 78.5 Å². The molecule has 170 valence electrons. The molecule has 8 heteroatoms. The third-order valence-electron chi connectivity index (χ3n) is 5.51. The van der Waals surface area contributed by atoms with Crippen molar-refractivity contribution >= 4 is 23.4 Å². The van der Waals surface area contributed by atoms with Gasteiger partial charge in [0.25, 0.3) is 0 Å². The first-order valence-corrected chi connectivity index (χ1v) is 10.6. The van der Waals surface area contributed by atoms with Crippen molar-refractivity contribution in [3.63, 3.8) is 0 Å². The third-order valence-corrected chi connectivity index (χ3v) is 5.51. The van der Waals surface area contributed by atoms with E-state index in [0.717, 1.165) is 5.56 Å². The summed E-state index contributed by atoms with van der Waals surface area (Å²) in [7, 11) is 3.12. The SMILES string of the molecule is COc1ccc(N2CCN(CC(=O)N(Cc3ccccc3)c3ccccn3)C2=O)cc1OC. The van der Waals surface area contributed by atoms with Crippen molar-refractivity contribution in [3.8, 4) is 11.5 Å². The zero-order valence-electron chi connectivity index (χ0n) is 18.7. The van der Waals surface area contributed by atoms with Crippen LogP contribution in [0.2, 0.25) is 0 Å². The second-order valence-corrected chi connectivity index (χ2v) is 7.55. The van der Waals surface area contributed by atoms with Crippen molar-refractivity contribution in [2.24, 2.45) is 0 Å². The van der Waals surface area contributed by atoms with E-state index in [2.05, 4.69) is 4.98 Å². The Bertz CT molecular complexity index is 1110. The molecule has 2 aromatic carbocycles. The molecule has 3 aromatic rings. The van der Waals surface area contributed by atoms with Crippen molar-refractivity contribution in [2.45, 2.75) is 6.54 Å². The lowest BCUT2D eigenvalue weighted by Crippen LogP contribution is -2.42. The number of urea groups is 1. The fourth-order valence-corrected chi connectivity index (χ4v) is 3.79. The summed E-state index contributed by atoms with van der Waals surface area (Å²) in [5, 5.41) is 0. The van der Waals surface area contributed by atoms with Crippen molar-refractivity contribution in [2.75, 3.05) is 43.7 Å². The van der Waals surface area contributed by atoms with Crippen LogP contribution in [0.3, 0.4) is 0 Å². The Morgan fingerprint density at radius 3 is 2.42 bits per heavy atom. The second-order valence-electron chi connectivity index (χ2n) is 7.55. The zero-order chi connectivity index (χ0) is 23.2. The van der Waals surface area contributed by atoms with Gasteiger partial charge in [-0.1, -0.05) is 36.4 Å². The van der Waals surface area contributed by atoms with E-state index in [-0.39, 0.29) is 18.5 Å². The molecule has 33 heavy (non-hydrogen) atoms. The molecule has 0 saturated carbocycles. The van der Waals surface area contributed by atoms with Crippen LogP contribution >= 0.6 is 0 Å². The van der Waals surface area contributed by atoms with Crippen LogP contribution < -0.4 is 19.3 Å². The quantitative estimate of drug-likeness (QED) is 0.529. The Balaban J connectivity index is 1.50. The third kappa shape index (κ3) is 4.90. The van der Waals surface area contributed by atoms with Crippen LogP contribution in [0.1, 0.15) is 5.56 Å². The highest BCUT2D eigenvalue weighted by molar-refractivity contribution is 6.00. The van der Waals surface area contributed by atoms with Crippen LogP contribution in [-0.2, 0) is 11.3 Å². The van der Waals surface area contributed by atoms with Crippen LogP contribution in [0.15, 0.2) is 72.9 Å². The molecule has 1 aliphatic rings. The topological polar surface area (TPSA) is 75.2 Å². The number of anilines is 2. The minimum atomic E-state index is -0.226. The summed E-state index contributed by atoms with van der Waals surface area (Å²) in [5.74, 6) is 1.49. The minimum Gasteiger partial charge on any atom is -0.493 e. The summed E-state index contributed by atoms with van der Waals surface area (Å²) in [5.41, 5.74) is 1.68. The maximum atomic E-state index is 13.3. The summed E-state index contributed by atoms with van der Waals surface area (Å²) < 4.78 is 10.6. The number of aromatic nitrogens is 1. The average molecular weight is 447 g/mol. The van der Waals surface area contributed by atoms with E-state index < -0.39 is 0 Å². The van der Waals surface area contributed by atoms with Gasteiger partial charge in [0.1, 0.15) is 12.4 Å². The zero-order valence-corrected chi connectivity index (χ0v) is 18.7. The first kappa shape index (κ1) is 22.1. The summed E-state index contributed by atoms with van der Waals surface area (Å²) >= 11 is 0. The number of ether oxygens (including phenoxy) is 2. The molecule has 0 radical (unpaired) electrons. The van der Waals surface area contributed by atoms with Crippen molar-refractivity contribution in [1.82, 2.24) is 9.88 Å². The number of carbonyl (C=O) groups is 2. The summed E-state index contributed by atoms with van der Waals surface area (Å²) in [6, 6.07) is 20.3. The van der Waals surface area contributed by atoms with E-state index in [4.69, 9.17) is 9.47 Å². The molecule has 0 bridgehead atoms. The van der Waals surface area contributed by atoms with Crippen LogP contribution in [0, 0.1) is 0 Å². The molecule has 3 amide bonds. The highest BCUT2D eigenvalue weighted by Gasteiger charge is 2.33. The van der Waals surface area contributed by atoms with Crippen LogP contribution in [0.4, 0.5) is 16.3 Å². The molecule has 0 unspecified atom stereocenters. The average Bonchev–Trinajstić information content (AvgIpc) is 3.22. The van der Waals surface area contributed by atoms with E-state index in [1.807, 2.05) is 36.4 Å². The van der Waals surface area contributed by atoms with Crippen molar-refractivity contribution in [1.29, 1.82) is 0 Å². The number of amides is 3. The number of benzene rings is 2. The molecule has 8 nitrogen and oxygen atoms in total. The van der Waals surface area contributed by atoms with Gasteiger partial charge in [-0.15, -0.1) is 0 Å². The molecule has 1 saturated heterocycles.